The van der Waals surface area contributed by atoms with Crippen LogP contribution >= 0.6 is 0 Å². The number of aliphatic hydroxyl groups is 1. The third-order valence-corrected chi connectivity index (χ3v) is 7.61. The highest BCUT2D eigenvalue weighted by Gasteiger charge is 2.45. The van der Waals surface area contributed by atoms with Crippen molar-refractivity contribution in [1.82, 2.24) is 4.31 Å². The molecule has 0 unspecified atom stereocenters. The van der Waals surface area contributed by atoms with Crippen LogP contribution < -0.4 is 10.1 Å². The Kier molecular flexibility index (Phi) is 6.33. The maximum atomic E-state index is 13.1. The fourth-order valence-electron chi connectivity index (χ4n) is 2.87. The Morgan fingerprint density at radius 2 is 1.96 bits per heavy atom. The van der Waals surface area contributed by atoms with E-state index in [1.807, 2.05) is 0 Å². The van der Waals surface area contributed by atoms with Crippen molar-refractivity contribution >= 4 is 37.4 Å². The molecule has 2 atom stereocenters. The molecule has 0 spiro atoms. The average Bonchev–Trinajstić information content (AvgIpc) is 2.84. The lowest BCUT2D eigenvalue weighted by Gasteiger charge is -2.28. The molecule has 156 valence electrons. The predicted molar refractivity (Wildman–Crippen MR) is 97.3 cm³/mol. The molecule has 0 radical (unpaired) electrons. The second-order valence-corrected chi connectivity index (χ2v) is 10.2. The number of carbonyl (C=O) groups excluding carboxylic acids is 1. The fourth-order valence-corrected chi connectivity index (χ4v) is 6.39. The molecule has 2 rings (SSSR count). The number of carbonyl (C=O) groups is 2. The number of amides is 1. The molecule has 1 aliphatic rings. The van der Waals surface area contributed by atoms with Crippen LogP contribution in [0.4, 0.5) is 5.69 Å². The lowest BCUT2D eigenvalue weighted by molar-refractivity contribution is -0.137. The van der Waals surface area contributed by atoms with E-state index in [1.165, 1.54) is 20.1 Å². The van der Waals surface area contributed by atoms with Crippen molar-refractivity contribution in [3.8, 4) is 5.75 Å². The number of sulfonamides is 1. The zero-order valence-electron chi connectivity index (χ0n) is 15.0. The summed E-state index contributed by atoms with van der Waals surface area (Å²) in [6, 6.07) is 2.01. The first-order valence-electron chi connectivity index (χ1n) is 7.95. The van der Waals surface area contributed by atoms with Gasteiger partial charge in [0.25, 0.3) is 0 Å². The van der Waals surface area contributed by atoms with Crippen LogP contribution in [0.25, 0.3) is 0 Å². The van der Waals surface area contributed by atoms with Gasteiger partial charge in [-0.05, 0) is 18.2 Å². The van der Waals surface area contributed by atoms with Crippen LogP contribution in [-0.4, -0.2) is 80.5 Å². The summed E-state index contributed by atoms with van der Waals surface area (Å²) in [4.78, 5) is 22.2. The average molecular weight is 436 g/mol. The number of carboxylic acid groups (broad SMARTS) is 1. The third-order valence-electron chi connectivity index (χ3n) is 4.04. The maximum Gasteiger partial charge on any atom is 0.318 e. The van der Waals surface area contributed by atoms with E-state index in [0.29, 0.717) is 4.31 Å². The Morgan fingerprint density at radius 3 is 2.43 bits per heavy atom. The topological polar surface area (TPSA) is 167 Å². The lowest BCUT2D eigenvalue weighted by atomic mass is 10.2. The second-order valence-electron chi connectivity index (χ2n) is 6.20. The van der Waals surface area contributed by atoms with Crippen molar-refractivity contribution in [2.45, 2.75) is 24.0 Å². The summed E-state index contributed by atoms with van der Waals surface area (Å²) in [5.74, 6) is -3.20. The molecule has 0 bridgehead atoms. The largest absolute Gasteiger partial charge is 0.495 e. The zero-order chi connectivity index (χ0) is 21.3. The monoisotopic (exact) mass is 436 g/mol. The van der Waals surface area contributed by atoms with Gasteiger partial charge in [-0.2, -0.15) is 4.31 Å². The number of anilines is 1. The number of carboxylic acids is 1. The van der Waals surface area contributed by atoms with Crippen LogP contribution in [0, 0.1) is 0 Å². The Labute approximate surface area is 161 Å². The summed E-state index contributed by atoms with van der Waals surface area (Å²) < 4.78 is 55.1. The molecule has 3 N–H and O–H groups in total. The standard InChI is InChI=1S/C15H20N2O9S2/c1-9(18)16-11-5-10(3-4-14(11)26-2)28(24,25)17(6-15(20)21)12-7-27(22,23)8-13(12)19/h3-5,12-13,19H,6-8H2,1-2H3,(H,16,18)(H,20,21)/t12-,13-/m1/s1. The van der Waals surface area contributed by atoms with E-state index in [-0.39, 0.29) is 11.4 Å². The SMILES string of the molecule is COc1ccc(S(=O)(=O)N(CC(=O)O)[C@@H]2CS(=O)(=O)C[C@H]2O)cc1NC(C)=O. The molecule has 13 heteroatoms. The molecule has 0 saturated carbocycles. The van der Waals surface area contributed by atoms with Crippen molar-refractivity contribution in [2.24, 2.45) is 0 Å². The normalized spacial score (nSPS) is 21.4. The van der Waals surface area contributed by atoms with Gasteiger partial charge in [-0.1, -0.05) is 0 Å². The molecule has 1 saturated heterocycles. The number of nitrogens with zero attached hydrogens (tertiary/aromatic N) is 1. The van der Waals surface area contributed by atoms with Crippen molar-refractivity contribution in [3.05, 3.63) is 18.2 Å². The van der Waals surface area contributed by atoms with E-state index in [2.05, 4.69) is 5.32 Å². The van der Waals surface area contributed by atoms with Gasteiger partial charge in [-0.25, -0.2) is 16.8 Å². The first-order chi connectivity index (χ1) is 12.9. The molecule has 28 heavy (non-hydrogen) atoms. The van der Waals surface area contributed by atoms with E-state index in [9.17, 15) is 31.5 Å². The number of rotatable bonds is 7. The molecule has 1 aromatic rings. The number of hydrogen-bond acceptors (Lipinski definition) is 8. The molecule has 0 aliphatic carbocycles. The van der Waals surface area contributed by atoms with Gasteiger partial charge in [0.05, 0.1) is 41.3 Å². The molecular formula is C15H20N2O9S2. The maximum absolute atomic E-state index is 13.1. The van der Waals surface area contributed by atoms with Gasteiger partial charge in [0.1, 0.15) is 12.3 Å². The summed E-state index contributed by atoms with van der Waals surface area (Å²) in [6.07, 6.45) is -1.56. The number of aliphatic carboxylic acids is 1. The van der Waals surface area contributed by atoms with E-state index >= 15 is 0 Å². The number of nitrogens with one attached hydrogen (secondary N) is 1. The van der Waals surface area contributed by atoms with Crippen LogP contribution in [0.1, 0.15) is 6.92 Å². The lowest BCUT2D eigenvalue weighted by Crippen LogP contribution is -2.48. The Morgan fingerprint density at radius 1 is 1.32 bits per heavy atom. The van der Waals surface area contributed by atoms with Gasteiger partial charge in [0.15, 0.2) is 9.84 Å². The summed E-state index contributed by atoms with van der Waals surface area (Å²) in [5.41, 5.74) is 0.0333. The minimum atomic E-state index is -4.52. The van der Waals surface area contributed by atoms with Gasteiger partial charge in [-0.3, -0.25) is 9.59 Å². The fraction of sp³-hybridized carbons (Fsp3) is 0.467. The summed E-state index contributed by atoms with van der Waals surface area (Å²) >= 11 is 0. The van der Waals surface area contributed by atoms with E-state index in [1.54, 1.807) is 0 Å². The molecule has 1 amide bonds. The summed E-state index contributed by atoms with van der Waals surface area (Å²) in [7, 11) is -6.94. The first-order valence-corrected chi connectivity index (χ1v) is 11.2. The highest BCUT2D eigenvalue weighted by molar-refractivity contribution is 7.92. The van der Waals surface area contributed by atoms with Gasteiger partial charge in [0.2, 0.25) is 15.9 Å². The number of sulfone groups is 1. The van der Waals surface area contributed by atoms with Crippen LogP contribution in [0.15, 0.2) is 23.1 Å². The van der Waals surface area contributed by atoms with Gasteiger partial charge in [0, 0.05) is 6.92 Å². The van der Waals surface area contributed by atoms with Crippen LogP contribution in [0.2, 0.25) is 0 Å². The molecule has 11 nitrogen and oxygen atoms in total. The minimum Gasteiger partial charge on any atom is -0.495 e. The van der Waals surface area contributed by atoms with Gasteiger partial charge >= 0.3 is 5.97 Å². The molecular weight excluding hydrogens is 416 g/mol. The predicted octanol–water partition coefficient (Wildman–Crippen LogP) is -1.11. The molecule has 0 aromatic heterocycles. The Balaban J connectivity index is 2.54. The molecule has 1 heterocycles. The smallest absolute Gasteiger partial charge is 0.318 e. The van der Waals surface area contributed by atoms with E-state index < -0.39 is 66.8 Å². The highest BCUT2D eigenvalue weighted by atomic mass is 32.2. The Bertz CT molecular complexity index is 989. The van der Waals surface area contributed by atoms with Crippen LogP contribution in [-0.2, 0) is 29.4 Å². The van der Waals surface area contributed by atoms with Crippen molar-refractivity contribution in [1.29, 1.82) is 0 Å². The third kappa shape index (κ3) is 4.79. The van der Waals surface area contributed by atoms with Crippen LogP contribution in [0.5, 0.6) is 5.75 Å². The minimum absolute atomic E-state index is 0.0333. The van der Waals surface area contributed by atoms with E-state index in [0.717, 1.165) is 12.1 Å². The van der Waals surface area contributed by atoms with Crippen molar-refractivity contribution < 1.29 is 41.4 Å². The number of hydrogen-bond donors (Lipinski definition) is 3. The van der Waals surface area contributed by atoms with Crippen molar-refractivity contribution in [2.75, 3.05) is 30.5 Å². The van der Waals surface area contributed by atoms with E-state index in [4.69, 9.17) is 9.84 Å². The number of methoxy groups -OCH3 is 1. The molecule has 1 aliphatic heterocycles. The van der Waals surface area contributed by atoms with Gasteiger partial charge in [-0.15, -0.1) is 0 Å². The second kappa shape index (κ2) is 8.03. The van der Waals surface area contributed by atoms with Crippen LogP contribution in [0.3, 0.4) is 0 Å². The number of benzene rings is 1. The zero-order valence-corrected chi connectivity index (χ0v) is 16.7. The van der Waals surface area contributed by atoms with Gasteiger partial charge < -0.3 is 20.3 Å². The summed E-state index contributed by atoms with van der Waals surface area (Å²) in [6.45, 7) is 0.165. The molecule has 1 fully saturated rings. The number of ether oxygens (including phenoxy) is 1. The molecule has 1 aromatic carbocycles. The quantitative estimate of drug-likeness (QED) is 0.480. The highest BCUT2D eigenvalue weighted by Crippen LogP contribution is 2.31. The summed E-state index contributed by atoms with van der Waals surface area (Å²) in [5, 5.41) is 21.5. The first kappa shape index (κ1) is 22.1. The number of aliphatic hydroxyl groups excluding tert-OH is 1. The van der Waals surface area contributed by atoms with Crippen molar-refractivity contribution in [3.63, 3.8) is 0 Å². The Hall–Kier alpha value is -2.22.